The molecule has 0 atom stereocenters. The van der Waals surface area contributed by atoms with Crippen LogP contribution in [0.5, 0.6) is 0 Å². The van der Waals surface area contributed by atoms with Gasteiger partial charge in [-0.05, 0) is 23.6 Å². The van der Waals surface area contributed by atoms with Crippen molar-refractivity contribution in [2.24, 2.45) is 0 Å². The standard InChI is InChI=1S/C13H12F2O3/c14-13(15)11-5-3-9(2-1-7-16)8-10(11)4-6-12(17)18/h3-8,13H,1-2H2,(H,17,18)/b6-4+. The van der Waals surface area contributed by atoms with Crippen molar-refractivity contribution in [3.63, 3.8) is 0 Å². The highest BCUT2D eigenvalue weighted by molar-refractivity contribution is 5.85. The highest BCUT2D eigenvalue weighted by atomic mass is 19.3. The van der Waals surface area contributed by atoms with Crippen LogP contribution in [0.15, 0.2) is 24.3 Å². The molecule has 5 heteroatoms. The summed E-state index contributed by atoms with van der Waals surface area (Å²) in [5, 5.41) is 8.49. The molecule has 0 saturated heterocycles. The average Bonchev–Trinajstić information content (AvgIpc) is 2.33. The molecule has 0 unspecified atom stereocenters. The van der Waals surface area contributed by atoms with E-state index in [-0.39, 0.29) is 11.1 Å². The molecule has 0 aliphatic carbocycles. The maximum atomic E-state index is 12.7. The van der Waals surface area contributed by atoms with E-state index in [1.54, 1.807) is 0 Å². The van der Waals surface area contributed by atoms with E-state index in [0.29, 0.717) is 12.8 Å². The van der Waals surface area contributed by atoms with E-state index in [1.807, 2.05) is 0 Å². The number of carbonyl (C=O) groups is 2. The predicted molar refractivity (Wildman–Crippen MR) is 62.5 cm³/mol. The Balaban J connectivity index is 3.06. The maximum Gasteiger partial charge on any atom is 0.328 e. The van der Waals surface area contributed by atoms with E-state index in [9.17, 15) is 18.4 Å². The van der Waals surface area contributed by atoms with Gasteiger partial charge in [-0.3, -0.25) is 0 Å². The molecule has 0 saturated carbocycles. The molecule has 1 aromatic carbocycles. The van der Waals surface area contributed by atoms with Gasteiger partial charge in [0.15, 0.2) is 0 Å². The first-order valence-corrected chi connectivity index (χ1v) is 5.30. The summed E-state index contributed by atoms with van der Waals surface area (Å²) >= 11 is 0. The molecule has 0 radical (unpaired) electrons. The van der Waals surface area contributed by atoms with Crippen molar-refractivity contribution in [2.45, 2.75) is 19.3 Å². The van der Waals surface area contributed by atoms with Gasteiger partial charge in [-0.1, -0.05) is 18.2 Å². The Morgan fingerprint density at radius 2 is 2.11 bits per heavy atom. The number of hydrogen-bond donors (Lipinski definition) is 1. The number of rotatable bonds is 6. The Morgan fingerprint density at radius 3 is 2.67 bits per heavy atom. The van der Waals surface area contributed by atoms with Crippen LogP contribution in [0.2, 0.25) is 0 Å². The van der Waals surface area contributed by atoms with Crippen LogP contribution in [-0.2, 0) is 16.0 Å². The molecule has 18 heavy (non-hydrogen) atoms. The van der Waals surface area contributed by atoms with Crippen LogP contribution in [-0.4, -0.2) is 17.4 Å². The lowest BCUT2D eigenvalue weighted by atomic mass is 10.0. The average molecular weight is 254 g/mol. The minimum Gasteiger partial charge on any atom is -0.478 e. The van der Waals surface area contributed by atoms with Crippen LogP contribution in [0.25, 0.3) is 6.08 Å². The first-order chi connectivity index (χ1) is 8.54. The van der Waals surface area contributed by atoms with Crippen molar-refractivity contribution >= 4 is 18.3 Å². The predicted octanol–water partition coefficient (Wildman–Crippen LogP) is 2.85. The molecule has 0 amide bonds. The third-order valence-corrected chi connectivity index (χ3v) is 2.34. The highest BCUT2D eigenvalue weighted by Crippen LogP contribution is 2.25. The second-order valence-electron chi connectivity index (χ2n) is 3.64. The second kappa shape index (κ2) is 6.64. The van der Waals surface area contributed by atoms with Gasteiger partial charge in [0.2, 0.25) is 0 Å². The molecular formula is C13H12F2O3. The number of alkyl halides is 2. The van der Waals surface area contributed by atoms with Crippen LogP contribution >= 0.6 is 0 Å². The van der Waals surface area contributed by atoms with Gasteiger partial charge in [0.25, 0.3) is 6.43 Å². The first kappa shape index (κ1) is 14.0. The van der Waals surface area contributed by atoms with Crippen molar-refractivity contribution in [3.8, 4) is 0 Å². The van der Waals surface area contributed by atoms with E-state index in [2.05, 4.69) is 0 Å². The molecule has 0 heterocycles. The van der Waals surface area contributed by atoms with E-state index >= 15 is 0 Å². The number of aldehydes is 1. The van der Waals surface area contributed by atoms with Crippen molar-refractivity contribution in [3.05, 3.63) is 41.0 Å². The zero-order chi connectivity index (χ0) is 13.5. The molecule has 1 aromatic rings. The molecule has 0 aliphatic rings. The zero-order valence-electron chi connectivity index (χ0n) is 9.48. The topological polar surface area (TPSA) is 54.4 Å². The zero-order valence-corrected chi connectivity index (χ0v) is 9.48. The fourth-order valence-corrected chi connectivity index (χ4v) is 1.51. The summed E-state index contributed by atoms with van der Waals surface area (Å²) in [4.78, 5) is 20.6. The SMILES string of the molecule is O=CCCc1ccc(C(F)F)c(/C=C/C(=O)O)c1. The van der Waals surface area contributed by atoms with E-state index in [1.165, 1.54) is 18.2 Å². The number of aliphatic carboxylic acids is 1. The van der Waals surface area contributed by atoms with Gasteiger partial charge in [0.1, 0.15) is 6.29 Å². The summed E-state index contributed by atoms with van der Waals surface area (Å²) in [7, 11) is 0. The number of hydrogen-bond acceptors (Lipinski definition) is 2. The summed E-state index contributed by atoms with van der Waals surface area (Å²) in [6, 6.07) is 4.25. The van der Waals surface area contributed by atoms with Crippen molar-refractivity contribution in [1.29, 1.82) is 0 Å². The number of carboxylic acids is 1. The van der Waals surface area contributed by atoms with Crippen LogP contribution in [0.1, 0.15) is 29.5 Å². The largest absolute Gasteiger partial charge is 0.478 e. The molecule has 0 fully saturated rings. The summed E-state index contributed by atoms with van der Waals surface area (Å²) < 4.78 is 25.4. The molecule has 0 aromatic heterocycles. The Kier molecular flexibility index (Phi) is 5.17. The van der Waals surface area contributed by atoms with Crippen molar-refractivity contribution < 1.29 is 23.5 Å². The Hall–Kier alpha value is -2.04. The highest BCUT2D eigenvalue weighted by Gasteiger charge is 2.11. The number of benzene rings is 1. The Bertz CT molecular complexity index is 467. The molecule has 3 nitrogen and oxygen atoms in total. The van der Waals surface area contributed by atoms with Crippen molar-refractivity contribution in [2.75, 3.05) is 0 Å². The molecule has 0 bridgehead atoms. The number of aryl methyl sites for hydroxylation is 1. The second-order valence-corrected chi connectivity index (χ2v) is 3.64. The lowest BCUT2D eigenvalue weighted by molar-refractivity contribution is -0.131. The molecule has 0 spiro atoms. The molecule has 1 rings (SSSR count). The molecule has 96 valence electrons. The maximum absolute atomic E-state index is 12.7. The molecule has 1 N–H and O–H groups in total. The van der Waals surface area contributed by atoms with E-state index in [4.69, 9.17) is 5.11 Å². The summed E-state index contributed by atoms with van der Waals surface area (Å²) in [6.07, 6.45) is 0.766. The van der Waals surface area contributed by atoms with Gasteiger partial charge in [-0.25, -0.2) is 13.6 Å². The number of carbonyl (C=O) groups excluding carboxylic acids is 1. The van der Waals surface area contributed by atoms with Gasteiger partial charge in [0.05, 0.1) is 0 Å². The van der Waals surface area contributed by atoms with Gasteiger partial charge < -0.3 is 9.90 Å². The Morgan fingerprint density at radius 1 is 1.39 bits per heavy atom. The number of carboxylic acid groups (broad SMARTS) is 1. The number of halogens is 2. The summed E-state index contributed by atoms with van der Waals surface area (Å²) in [5.41, 5.74) is 0.662. The fourth-order valence-electron chi connectivity index (χ4n) is 1.51. The lowest BCUT2D eigenvalue weighted by Gasteiger charge is -2.07. The van der Waals surface area contributed by atoms with Crippen LogP contribution in [0, 0.1) is 0 Å². The minimum absolute atomic E-state index is 0.163. The summed E-state index contributed by atoms with van der Waals surface area (Å²) in [6.45, 7) is 0. The lowest BCUT2D eigenvalue weighted by Crippen LogP contribution is -1.95. The molecule has 0 aliphatic heterocycles. The third kappa shape index (κ3) is 4.08. The van der Waals surface area contributed by atoms with Gasteiger partial charge in [-0.2, -0.15) is 0 Å². The quantitative estimate of drug-likeness (QED) is 0.627. The normalized spacial score (nSPS) is 11.1. The third-order valence-electron chi connectivity index (χ3n) is 2.34. The van der Waals surface area contributed by atoms with Crippen LogP contribution < -0.4 is 0 Å². The molecular weight excluding hydrogens is 242 g/mol. The van der Waals surface area contributed by atoms with Crippen LogP contribution in [0.4, 0.5) is 8.78 Å². The van der Waals surface area contributed by atoms with Crippen LogP contribution in [0.3, 0.4) is 0 Å². The van der Waals surface area contributed by atoms with Gasteiger partial charge >= 0.3 is 5.97 Å². The Labute approximate surface area is 103 Å². The van der Waals surface area contributed by atoms with Gasteiger partial charge in [-0.15, -0.1) is 0 Å². The fraction of sp³-hybridized carbons (Fsp3) is 0.231. The first-order valence-electron chi connectivity index (χ1n) is 5.30. The van der Waals surface area contributed by atoms with Crippen molar-refractivity contribution in [1.82, 2.24) is 0 Å². The minimum atomic E-state index is -2.67. The smallest absolute Gasteiger partial charge is 0.328 e. The summed E-state index contributed by atoms with van der Waals surface area (Å²) in [5.74, 6) is -1.20. The van der Waals surface area contributed by atoms with E-state index in [0.717, 1.165) is 24.0 Å². The van der Waals surface area contributed by atoms with Gasteiger partial charge in [0, 0.05) is 18.1 Å². The monoisotopic (exact) mass is 254 g/mol. The van der Waals surface area contributed by atoms with E-state index < -0.39 is 12.4 Å².